The van der Waals surface area contributed by atoms with Crippen LogP contribution in [0.15, 0.2) is 47.4 Å². The molecule has 1 aliphatic heterocycles. The number of nitrogens with one attached hydrogen (secondary N) is 1. The number of carbonyl (C=O) groups is 2. The molecule has 4 rings (SSSR count). The van der Waals surface area contributed by atoms with E-state index in [4.69, 9.17) is 5.26 Å². The number of anilines is 1. The normalized spacial score (nSPS) is 20.9. The first kappa shape index (κ1) is 23.0. The second kappa shape index (κ2) is 9.33. The maximum absolute atomic E-state index is 13.3. The van der Waals surface area contributed by atoms with Crippen LogP contribution < -0.4 is 5.32 Å². The first-order valence-electron chi connectivity index (χ1n) is 11.0. The zero-order chi connectivity index (χ0) is 23.6. The second-order valence-corrected chi connectivity index (χ2v) is 10.4. The molecular weight excluding hydrogens is 442 g/mol. The van der Waals surface area contributed by atoms with Gasteiger partial charge in [-0.05, 0) is 74.1 Å². The molecule has 0 aromatic heterocycles. The van der Waals surface area contributed by atoms with Crippen LogP contribution in [0.1, 0.15) is 64.8 Å². The number of carbonyl (C=O) groups excluding carboxylic acids is 1. The molecule has 1 aliphatic carbocycles. The molecule has 0 bridgehead atoms. The van der Waals surface area contributed by atoms with Crippen molar-refractivity contribution in [2.45, 2.75) is 49.5 Å². The predicted octanol–water partition coefficient (Wildman–Crippen LogP) is 3.85. The molecular formula is C24H25N3O5S. The van der Waals surface area contributed by atoms with E-state index in [1.54, 1.807) is 4.31 Å². The SMILES string of the molecule is N#Cc1ccc(NC(=O)c2ccc(S(=O)(=O)N3CCCC4CCCCC43)cc2)c(C(=O)O)c1. The van der Waals surface area contributed by atoms with Crippen molar-refractivity contribution in [2.24, 2.45) is 5.92 Å². The minimum Gasteiger partial charge on any atom is -0.478 e. The van der Waals surface area contributed by atoms with E-state index < -0.39 is 21.9 Å². The largest absolute Gasteiger partial charge is 0.478 e. The van der Waals surface area contributed by atoms with Crippen LogP contribution in [0.5, 0.6) is 0 Å². The van der Waals surface area contributed by atoms with Gasteiger partial charge in [0.2, 0.25) is 10.0 Å². The Bertz CT molecular complexity index is 1220. The third kappa shape index (κ3) is 4.63. The molecule has 2 atom stereocenters. The van der Waals surface area contributed by atoms with E-state index in [9.17, 15) is 23.1 Å². The maximum atomic E-state index is 13.3. The van der Waals surface area contributed by atoms with E-state index >= 15 is 0 Å². The maximum Gasteiger partial charge on any atom is 0.337 e. The average Bonchev–Trinajstić information content (AvgIpc) is 2.83. The fourth-order valence-corrected chi connectivity index (χ4v) is 6.64. The van der Waals surface area contributed by atoms with E-state index in [-0.39, 0.29) is 33.3 Å². The van der Waals surface area contributed by atoms with Crippen molar-refractivity contribution in [3.05, 3.63) is 59.2 Å². The van der Waals surface area contributed by atoms with Crippen LogP contribution in [0.3, 0.4) is 0 Å². The summed E-state index contributed by atoms with van der Waals surface area (Å²) in [7, 11) is -3.67. The van der Waals surface area contributed by atoms with E-state index in [2.05, 4.69) is 5.32 Å². The molecule has 2 N–H and O–H groups in total. The second-order valence-electron chi connectivity index (χ2n) is 8.53. The number of carboxylic acid groups (broad SMARTS) is 1. The van der Waals surface area contributed by atoms with E-state index in [0.29, 0.717) is 12.5 Å². The van der Waals surface area contributed by atoms with E-state index in [1.807, 2.05) is 6.07 Å². The lowest BCUT2D eigenvalue weighted by atomic mass is 9.79. The van der Waals surface area contributed by atoms with Crippen molar-refractivity contribution in [1.29, 1.82) is 5.26 Å². The third-order valence-corrected chi connectivity index (χ3v) is 8.48. The summed E-state index contributed by atoms with van der Waals surface area (Å²) in [5.74, 6) is -1.42. The number of nitriles is 1. The molecule has 1 amide bonds. The minimum atomic E-state index is -3.67. The molecule has 172 valence electrons. The van der Waals surface area contributed by atoms with Gasteiger partial charge in [0.15, 0.2) is 0 Å². The Hall–Kier alpha value is -3.22. The molecule has 2 aliphatic rings. The lowest BCUT2D eigenvalue weighted by Gasteiger charge is -2.43. The molecule has 1 saturated heterocycles. The summed E-state index contributed by atoms with van der Waals surface area (Å²) in [6, 6.07) is 11.6. The van der Waals surface area contributed by atoms with Crippen LogP contribution in [-0.4, -0.2) is 42.3 Å². The Morgan fingerprint density at radius 1 is 1.03 bits per heavy atom. The highest BCUT2D eigenvalue weighted by atomic mass is 32.2. The first-order chi connectivity index (χ1) is 15.8. The predicted molar refractivity (Wildman–Crippen MR) is 121 cm³/mol. The number of benzene rings is 2. The van der Waals surface area contributed by atoms with Crippen LogP contribution in [-0.2, 0) is 10.0 Å². The molecule has 9 heteroatoms. The molecule has 1 heterocycles. The summed E-state index contributed by atoms with van der Waals surface area (Å²) < 4.78 is 28.3. The van der Waals surface area contributed by atoms with Crippen molar-refractivity contribution in [2.75, 3.05) is 11.9 Å². The van der Waals surface area contributed by atoms with Gasteiger partial charge in [-0.2, -0.15) is 9.57 Å². The van der Waals surface area contributed by atoms with Crippen molar-refractivity contribution in [1.82, 2.24) is 4.31 Å². The fourth-order valence-electron chi connectivity index (χ4n) is 4.89. The van der Waals surface area contributed by atoms with Gasteiger partial charge in [-0.1, -0.05) is 12.8 Å². The molecule has 8 nitrogen and oxygen atoms in total. The standard InChI is InChI=1S/C24H25N3O5S/c25-15-16-7-12-21(20(14-16)24(29)30)26-23(28)18-8-10-19(11-9-18)33(31,32)27-13-3-5-17-4-1-2-6-22(17)27/h7-12,14,17,22H,1-6,13H2,(H,26,28)(H,29,30). The smallest absolute Gasteiger partial charge is 0.337 e. The summed E-state index contributed by atoms with van der Waals surface area (Å²) in [6.07, 6.45) is 6.09. The highest BCUT2D eigenvalue weighted by Crippen LogP contribution is 2.38. The van der Waals surface area contributed by atoms with Crippen LogP contribution in [0.4, 0.5) is 5.69 Å². The summed E-state index contributed by atoms with van der Waals surface area (Å²) in [4.78, 5) is 24.3. The number of sulfonamides is 1. The van der Waals surface area contributed by atoms with Crippen LogP contribution in [0.2, 0.25) is 0 Å². The molecule has 2 fully saturated rings. The van der Waals surface area contributed by atoms with Gasteiger partial charge in [0.1, 0.15) is 0 Å². The fraction of sp³-hybridized carbons (Fsp3) is 0.375. The minimum absolute atomic E-state index is 0.0475. The Kier molecular flexibility index (Phi) is 6.49. The zero-order valence-electron chi connectivity index (χ0n) is 18.0. The van der Waals surface area contributed by atoms with Crippen molar-refractivity contribution < 1.29 is 23.1 Å². The van der Waals surface area contributed by atoms with E-state index in [1.165, 1.54) is 42.5 Å². The van der Waals surface area contributed by atoms with Crippen LogP contribution >= 0.6 is 0 Å². The summed E-state index contributed by atoms with van der Waals surface area (Å²) in [6.45, 7) is 0.516. The van der Waals surface area contributed by atoms with Gasteiger partial charge in [0.05, 0.1) is 27.8 Å². The molecule has 2 aromatic carbocycles. The van der Waals surface area contributed by atoms with Gasteiger partial charge in [-0.25, -0.2) is 13.2 Å². The number of fused-ring (bicyclic) bond motifs is 1. The third-order valence-electron chi connectivity index (χ3n) is 6.54. The van der Waals surface area contributed by atoms with Crippen LogP contribution in [0.25, 0.3) is 0 Å². The highest BCUT2D eigenvalue weighted by molar-refractivity contribution is 7.89. The summed E-state index contributed by atoms with van der Waals surface area (Å²) in [5.41, 5.74) is 0.218. The van der Waals surface area contributed by atoms with Gasteiger partial charge >= 0.3 is 5.97 Å². The van der Waals surface area contributed by atoms with Gasteiger partial charge in [-0.3, -0.25) is 4.79 Å². The van der Waals surface area contributed by atoms with Crippen LogP contribution in [0, 0.1) is 17.2 Å². The lowest BCUT2D eigenvalue weighted by Crippen LogP contribution is -2.49. The topological polar surface area (TPSA) is 128 Å². The van der Waals surface area contributed by atoms with Crippen molar-refractivity contribution in [3.63, 3.8) is 0 Å². The number of carboxylic acids is 1. The Labute approximate surface area is 192 Å². The number of piperidine rings is 1. The molecule has 33 heavy (non-hydrogen) atoms. The Morgan fingerprint density at radius 2 is 1.73 bits per heavy atom. The monoisotopic (exact) mass is 467 g/mol. The van der Waals surface area contributed by atoms with Gasteiger partial charge in [-0.15, -0.1) is 0 Å². The van der Waals surface area contributed by atoms with Gasteiger partial charge < -0.3 is 10.4 Å². The number of rotatable bonds is 5. The molecule has 2 unspecified atom stereocenters. The molecule has 2 aromatic rings. The number of nitrogens with zero attached hydrogens (tertiary/aromatic N) is 2. The summed E-state index contributed by atoms with van der Waals surface area (Å²) >= 11 is 0. The highest BCUT2D eigenvalue weighted by Gasteiger charge is 2.39. The molecule has 1 saturated carbocycles. The quantitative estimate of drug-likeness (QED) is 0.687. The van der Waals surface area contributed by atoms with Gasteiger partial charge in [0.25, 0.3) is 5.91 Å². The number of hydrogen-bond donors (Lipinski definition) is 2. The molecule has 0 spiro atoms. The van der Waals surface area contributed by atoms with Crippen molar-refractivity contribution in [3.8, 4) is 6.07 Å². The summed E-state index contributed by atoms with van der Waals surface area (Å²) in [5, 5.41) is 20.9. The molecule has 0 radical (unpaired) electrons. The average molecular weight is 468 g/mol. The van der Waals surface area contributed by atoms with Crippen molar-refractivity contribution >= 4 is 27.6 Å². The first-order valence-corrected chi connectivity index (χ1v) is 12.5. The van der Waals surface area contributed by atoms with E-state index in [0.717, 1.165) is 38.5 Å². The number of hydrogen-bond acceptors (Lipinski definition) is 5. The Morgan fingerprint density at radius 3 is 2.42 bits per heavy atom. The number of aromatic carboxylic acids is 1. The van der Waals surface area contributed by atoms with Gasteiger partial charge in [0, 0.05) is 18.2 Å². The lowest BCUT2D eigenvalue weighted by molar-refractivity contribution is 0.0698. The Balaban J connectivity index is 1.53. The zero-order valence-corrected chi connectivity index (χ0v) is 18.8. The number of amides is 1.